The van der Waals surface area contributed by atoms with Crippen molar-refractivity contribution in [3.63, 3.8) is 0 Å². The highest BCUT2D eigenvalue weighted by Gasteiger charge is 2.31. The molecule has 2 aliphatic rings. The topological polar surface area (TPSA) is 12.0 Å². The number of nitrogens with one attached hydrogen (secondary N) is 1. The van der Waals surface area contributed by atoms with Crippen LogP contribution >= 0.6 is 0 Å². The molecule has 2 fully saturated rings. The summed E-state index contributed by atoms with van der Waals surface area (Å²) in [5.74, 6) is 0. The summed E-state index contributed by atoms with van der Waals surface area (Å²) in [6.07, 6.45) is 11.5. The Kier molecular flexibility index (Phi) is 2.40. The molecule has 0 aromatic heterocycles. The third-order valence-corrected chi connectivity index (χ3v) is 3.61. The zero-order valence-corrected chi connectivity index (χ0v) is 8.23. The molecule has 70 valence electrons. The molecule has 1 heteroatoms. The Morgan fingerprint density at radius 2 is 1.58 bits per heavy atom. The van der Waals surface area contributed by atoms with Crippen molar-refractivity contribution in [3.05, 3.63) is 0 Å². The number of hydrogen-bond donors (Lipinski definition) is 1. The van der Waals surface area contributed by atoms with Crippen molar-refractivity contribution in [2.45, 2.75) is 69.9 Å². The van der Waals surface area contributed by atoms with Crippen LogP contribution in [0.2, 0.25) is 0 Å². The molecule has 2 rings (SSSR count). The normalized spacial score (nSPS) is 29.8. The van der Waals surface area contributed by atoms with Crippen LogP contribution < -0.4 is 5.32 Å². The molecule has 0 saturated heterocycles. The molecular formula is C11H21N. The number of hydrogen-bond acceptors (Lipinski definition) is 1. The zero-order chi connectivity index (χ0) is 8.44. The van der Waals surface area contributed by atoms with Gasteiger partial charge in [0.2, 0.25) is 0 Å². The highest BCUT2D eigenvalue weighted by Crippen LogP contribution is 2.31. The van der Waals surface area contributed by atoms with Gasteiger partial charge in [0.1, 0.15) is 0 Å². The van der Waals surface area contributed by atoms with Crippen molar-refractivity contribution in [2.24, 2.45) is 0 Å². The first kappa shape index (κ1) is 8.55. The van der Waals surface area contributed by atoms with Crippen LogP contribution in [-0.2, 0) is 0 Å². The minimum absolute atomic E-state index is 0.509. The summed E-state index contributed by atoms with van der Waals surface area (Å²) in [6, 6.07) is 0.855. The maximum atomic E-state index is 3.85. The standard InChI is InChI=1S/C11H21N/c1-11(8-4-5-9-11)12-10-6-2-3-7-10/h10,12H,2-9H2,1H3. The van der Waals surface area contributed by atoms with Gasteiger partial charge in [-0.25, -0.2) is 0 Å². The molecule has 0 radical (unpaired) electrons. The van der Waals surface area contributed by atoms with E-state index in [1.165, 1.54) is 51.4 Å². The van der Waals surface area contributed by atoms with E-state index < -0.39 is 0 Å². The third-order valence-electron chi connectivity index (χ3n) is 3.61. The monoisotopic (exact) mass is 167 g/mol. The van der Waals surface area contributed by atoms with Gasteiger partial charge in [-0.2, -0.15) is 0 Å². The van der Waals surface area contributed by atoms with Crippen LogP contribution in [0.25, 0.3) is 0 Å². The van der Waals surface area contributed by atoms with Crippen LogP contribution in [0.15, 0.2) is 0 Å². The van der Waals surface area contributed by atoms with Crippen molar-refractivity contribution in [1.82, 2.24) is 5.32 Å². The van der Waals surface area contributed by atoms with E-state index in [0.29, 0.717) is 5.54 Å². The molecule has 0 heterocycles. The summed E-state index contributed by atoms with van der Waals surface area (Å²) in [5.41, 5.74) is 0.509. The highest BCUT2D eigenvalue weighted by atomic mass is 15.0. The van der Waals surface area contributed by atoms with Crippen LogP contribution in [-0.4, -0.2) is 11.6 Å². The minimum atomic E-state index is 0.509. The second-order valence-corrected chi connectivity index (χ2v) is 4.89. The fraction of sp³-hybridized carbons (Fsp3) is 1.00. The molecule has 0 amide bonds. The molecule has 0 aromatic rings. The van der Waals surface area contributed by atoms with Gasteiger partial charge < -0.3 is 5.32 Å². The summed E-state index contributed by atoms with van der Waals surface area (Å²) < 4.78 is 0. The van der Waals surface area contributed by atoms with Gasteiger partial charge in [-0.05, 0) is 32.6 Å². The molecule has 0 atom stereocenters. The van der Waals surface area contributed by atoms with E-state index >= 15 is 0 Å². The molecule has 2 saturated carbocycles. The van der Waals surface area contributed by atoms with Gasteiger partial charge >= 0.3 is 0 Å². The zero-order valence-electron chi connectivity index (χ0n) is 8.23. The first-order chi connectivity index (χ1) is 5.79. The van der Waals surface area contributed by atoms with Crippen molar-refractivity contribution in [2.75, 3.05) is 0 Å². The van der Waals surface area contributed by atoms with Gasteiger partial charge in [-0.3, -0.25) is 0 Å². The lowest BCUT2D eigenvalue weighted by atomic mass is 9.99. The predicted octanol–water partition coefficient (Wildman–Crippen LogP) is 2.85. The SMILES string of the molecule is CC1(NC2CCCC2)CCCC1. The van der Waals surface area contributed by atoms with Gasteiger partial charge in [0.05, 0.1) is 0 Å². The molecule has 0 unspecified atom stereocenters. The molecule has 0 spiro atoms. The maximum absolute atomic E-state index is 3.85. The molecule has 0 bridgehead atoms. The Bertz CT molecular complexity index is 141. The fourth-order valence-corrected chi connectivity index (χ4v) is 2.86. The van der Waals surface area contributed by atoms with Crippen LogP contribution in [0.1, 0.15) is 58.3 Å². The molecule has 1 N–H and O–H groups in total. The van der Waals surface area contributed by atoms with Gasteiger partial charge in [-0.15, -0.1) is 0 Å². The van der Waals surface area contributed by atoms with Gasteiger partial charge in [0.15, 0.2) is 0 Å². The summed E-state index contributed by atoms with van der Waals surface area (Å²) in [4.78, 5) is 0. The summed E-state index contributed by atoms with van der Waals surface area (Å²) in [6.45, 7) is 2.42. The van der Waals surface area contributed by atoms with E-state index in [1.807, 2.05) is 0 Å². The average molecular weight is 167 g/mol. The quantitative estimate of drug-likeness (QED) is 0.667. The molecule has 0 aromatic carbocycles. The Morgan fingerprint density at radius 1 is 1.00 bits per heavy atom. The van der Waals surface area contributed by atoms with Crippen LogP contribution in [0.5, 0.6) is 0 Å². The molecular weight excluding hydrogens is 146 g/mol. The van der Waals surface area contributed by atoms with E-state index in [1.54, 1.807) is 0 Å². The van der Waals surface area contributed by atoms with E-state index in [4.69, 9.17) is 0 Å². The summed E-state index contributed by atoms with van der Waals surface area (Å²) in [5, 5.41) is 3.85. The second-order valence-electron chi connectivity index (χ2n) is 4.89. The van der Waals surface area contributed by atoms with Crippen molar-refractivity contribution in [3.8, 4) is 0 Å². The predicted molar refractivity (Wildman–Crippen MR) is 52.3 cm³/mol. The van der Waals surface area contributed by atoms with E-state index in [0.717, 1.165) is 6.04 Å². The summed E-state index contributed by atoms with van der Waals surface area (Å²) >= 11 is 0. The van der Waals surface area contributed by atoms with Crippen LogP contribution in [0, 0.1) is 0 Å². The Balaban J connectivity index is 1.83. The lowest BCUT2D eigenvalue weighted by Gasteiger charge is -2.29. The molecule has 0 aliphatic heterocycles. The second kappa shape index (κ2) is 3.37. The Hall–Kier alpha value is -0.0400. The molecule has 2 aliphatic carbocycles. The van der Waals surface area contributed by atoms with Gasteiger partial charge in [0.25, 0.3) is 0 Å². The lowest BCUT2D eigenvalue weighted by molar-refractivity contribution is 0.315. The Labute approximate surface area is 75.9 Å². The highest BCUT2D eigenvalue weighted by molar-refractivity contribution is 4.91. The first-order valence-corrected chi connectivity index (χ1v) is 5.56. The molecule has 12 heavy (non-hydrogen) atoms. The Morgan fingerprint density at radius 3 is 2.17 bits per heavy atom. The lowest BCUT2D eigenvalue weighted by Crippen LogP contribution is -2.44. The average Bonchev–Trinajstić information content (AvgIpc) is 2.62. The van der Waals surface area contributed by atoms with Crippen molar-refractivity contribution in [1.29, 1.82) is 0 Å². The van der Waals surface area contributed by atoms with E-state index in [2.05, 4.69) is 12.2 Å². The van der Waals surface area contributed by atoms with E-state index in [-0.39, 0.29) is 0 Å². The minimum Gasteiger partial charge on any atom is -0.309 e. The van der Waals surface area contributed by atoms with Crippen molar-refractivity contribution >= 4 is 0 Å². The fourth-order valence-electron chi connectivity index (χ4n) is 2.86. The summed E-state index contributed by atoms with van der Waals surface area (Å²) in [7, 11) is 0. The first-order valence-electron chi connectivity index (χ1n) is 5.56. The van der Waals surface area contributed by atoms with E-state index in [9.17, 15) is 0 Å². The van der Waals surface area contributed by atoms with Gasteiger partial charge in [-0.1, -0.05) is 25.7 Å². The third kappa shape index (κ3) is 1.82. The maximum Gasteiger partial charge on any atom is 0.0155 e. The largest absolute Gasteiger partial charge is 0.309 e. The van der Waals surface area contributed by atoms with Crippen LogP contribution in [0.4, 0.5) is 0 Å². The van der Waals surface area contributed by atoms with Crippen molar-refractivity contribution < 1.29 is 0 Å². The smallest absolute Gasteiger partial charge is 0.0155 e. The van der Waals surface area contributed by atoms with Crippen LogP contribution in [0.3, 0.4) is 0 Å². The van der Waals surface area contributed by atoms with Gasteiger partial charge in [0, 0.05) is 11.6 Å². The number of rotatable bonds is 2. The molecule has 1 nitrogen and oxygen atoms in total.